The lowest BCUT2D eigenvalue weighted by molar-refractivity contribution is -0.129. The zero-order valence-electron chi connectivity index (χ0n) is 11.7. The molecule has 1 aliphatic rings. The maximum absolute atomic E-state index is 13.2. The second-order valence-corrected chi connectivity index (χ2v) is 6.18. The number of benzene rings is 1. The van der Waals surface area contributed by atoms with Crippen molar-refractivity contribution in [3.63, 3.8) is 0 Å². The van der Waals surface area contributed by atoms with Gasteiger partial charge in [-0.2, -0.15) is 0 Å². The van der Waals surface area contributed by atoms with Gasteiger partial charge in [-0.15, -0.1) is 11.8 Å². The van der Waals surface area contributed by atoms with Crippen LogP contribution in [0, 0.1) is 17.6 Å². The molecule has 2 nitrogen and oxygen atoms in total. The van der Waals surface area contributed by atoms with Crippen LogP contribution in [0.15, 0.2) is 18.2 Å². The van der Waals surface area contributed by atoms with Crippen LogP contribution in [-0.2, 0) is 11.3 Å². The van der Waals surface area contributed by atoms with Crippen molar-refractivity contribution in [2.75, 3.05) is 5.75 Å². The van der Waals surface area contributed by atoms with Gasteiger partial charge >= 0.3 is 0 Å². The highest BCUT2D eigenvalue weighted by Crippen LogP contribution is 2.35. The molecule has 0 spiro atoms. The highest BCUT2D eigenvalue weighted by molar-refractivity contribution is 8.01. The summed E-state index contributed by atoms with van der Waals surface area (Å²) in [6, 6.07) is 3.44. The summed E-state index contributed by atoms with van der Waals surface area (Å²) in [4.78, 5) is 13.8. The van der Waals surface area contributed by atoms with E-state index in [4.69, 9.17) is 0 Å². The molecule has 110 valence electrons. The van der Waals surface area contributed by atoms with E-state index in [9.17, 15) is 13.6 Å². The second-order valence-electron chi connectivity index (χ2n) is 5.08. The number of carbonyl (C=O) groups is 1. The Morgan fingerprint density at radius 3 is 2.40 bits per heavy atom. The zero-order chi connectivity index (χ0) is 14.7. The Hall–Kier alpha value is -1.10. The smallest absolute Gasteiger partial charge is 0.233 e. The summed E-state index contributed by atoms with van der Waals surface area (Å²) >= 11 is 1.63. The summed E-state index contributed by atoms with van der Waals surface area (Å²) in [5, 5.41) is 0.115. The normalized spacial score (nSPS) is 19.1. The van der Waals surface area contributed by atoms with Crippen LogP contribution in [0.25, 0.3) is 0 Å². The Kier molecular flexibility index (Phi) is 5.02. The molecule has 0 aliphatic carbocycles. The standard InChI is InChI=1S/C15H19F2NOS/c1-3-11(4-2)15-18(14(19)9-20-15)8-10-5-12(16)7-13(17)6-10/h5-7,11,15H,3-4,8-9H2,1-2H3. The minimum Gasteiger partial charge on any atom is -0.325 e. The third kappa shape index (κ3) is 3.32. The molecule has 2 rings (SSSR count). The lowest BCUT2D eigenvalue weighted by Gasteiger charge is -2.29. The van der Waals surface area contributed by atoms with E-state index in [0.29, 0.717) is 17.2 Å². The van der Waals surface area contributed by atoms with E-state index in [2.05, 4.69) is 13.8 Å². The third-order valence-corrected chi connectivity index (χ3v) is 5.13. The number of thioether (sulfide) groups is 1. The van der Waals surface area contributed by atoms with Crippen LogP contribution < -0.4 is 0 Å². The predicted molar refractivity (Wildman–Crippen MR) is 77.2 cm³/mol. The van der Waals surface area contributed by atoms with E-state index in [0.717, 1.165) is 18.9 Å². The monoisotopic (exact) mass is 299 g/mol. The number of hydrogen-bond acceptors (Lipinski definition) is 2. The van der Waals surface area contributed by atoms with Crippen molar-refractivity contribution >= 4 is 17.7 Å². The molecule has 1 atom stereocenters. The molecule has 1 aliphatic heterocycles. The van der Waals surface area contributed by atoms with Crippen molar-refractivity contribution in [3.8, 4) is 0 Å². The highest BCUT2D eigenvalue weighted by Gasteiger charge is 2.35. The Morgan fingerprint density at radius 2 is 1.85 bits per heavy atom. The Bertz CT molecular complexity index is 471. The highest BCUT2D eigenvalue weighted by atomic mass is 32.2. The molecule has 0 aromatic heterocycles. The number of hydrogen-bond donors (Lipinski definition) is 0. The molecule has 0 radical (unpaired) electrons. The van der Waals surface area contributed by atoms with Crippen molar-refractivity contribution in [2.45, 2.75) is 38.6 Å². The van der Waals surface area contributed by atoms with E-state index < -0.39 is 11.6 Å². The number of halogens is 2. The van der Waals surface area contributed by atoms with Gasteiger partial charge in [-0.25, -0.2) is 8.78 Å². The molecule has 0 bridgehead atoms. The second kappa shape index (κ2) is 6.57. The first-order chi connectivity index (χ1) is 9.55. The van der Waals surface area contributed by atoms with Gasteiger partial charge in [0.15, 0.2) is 0 Å². The average Bonchev–Trinajstić information content (AvgIpc) is 2.72. The maximum atomic E-state index is 13.2. The average molecular weight is 299 g/mol. The van der Waals surface area contributed by atoms with Crippen LogP contribution in [0.1, 0.15) is 32.3 Å². The fourth-order valence-corrected chi connectivity index (χ4v) is 4.14. The maximum Gasteiger partial charge on any atom is 0.233 e. The largest absolute Gasteiger partial charge is 0.325 e. The van der Waals surface area contributed by atoms with E-state index >= 15 is 0 Å². The SMILES string of the molecule is CCC(CC)C1SCC(=O)N1Cc1cc(F)cc(F)c1. The predicted octanol–water partition coefficient (Wildman–Crippen LogP) is 3.80. The summed E-state index contributed by atoms with van der Waals surface area (Å²) in [5.41, 5.74) is 0.509. The first kappa shape index (κ1) is 15.3. The summed E-state index contributed by atoms with van der Waals surface area (Å²) < 4.78 is 26.5. The van der Waals surface area contributed by atoms with Gasteiger partial charge < -0.3 is 4.90 Å². The van der Waals surface area contributed by atoms with E-state index in [1.54, 1.807) is 16.7 Å². The van der Waals surface area contributed by atoms with Gasteiger partial charge in [0.05, 0.1) is 11.1 Å². The molecule has 1 amide bonds. The molecule has 1 aromatic carbocycles. The molecule has 0 saturated carbocycles. The van der Waals surface area contributed by atoms with Crippen LogP contribution in [0.5, 0.6) is 0 Å². The Labute approximate surface area is 122 Å². The topological polar surface area (TPSA) is 20.3 Å². The fourth-order valence-electron chi connectivity index (χ4n) is 2.63. The van der Waals surface area contributed by atoms with Gasteiger partial charge in [0.2, 0.25) is 5.91 Å². The first-order valence-corrected chi connectivity index (χ1v) is 7.96. The van der Waals surface area contributed by atoms with Crippen molar-refractivity contribution in [3.05, 3.63) is 35.4 Å². The third-order valence-electron chi connectivity index (χ3n) is 3.73. The lowest BCUT2D eigenvalue weighted by Crippen LogP contribution is -2.36. The van der Waals surface area contributed by atoms with Crippen LogP contribution in [-0.4, -0.2) is 21.9 Å². The molecule has 1 fully saturated rings. The molecule has 1 saturated heterocycles. The van der Waals surface area contributed by atoms with Gasteiger partial charge in [-0.3, -0.25) is 4.79 Å². The molecule has 20 heavy (non-hydrogen) atoms. The molecular formula is C15H19F2NOS. The number of rotatable bonds is 5. The van der Waals surface area contributed by atoms with Crippen molar-refractivity contribution in [2.24, 2.45) is 5.92 Å². The summed E-state index contributed by atoms with van der Waals surface area (Å²) in [7, 11) is 0. The Morgan fingerprint density at radius 1 is 1.25 bits per heavy atom. The quantitative estimate of drug-likeness (QED) is 0.824. The van der Waals surface area contributed by atoms with Crippen molar-refractivity contribution in [1.29, 1.82) is 0 Å². The number of carbonyl (C=O) groups excluding carboxylic acids is 1. The van der Waals surface area contributed by atoms with Gasteiger partial charge in [0.1, 0.15) is 11.6 Å². The minimum atomic E-state index is -0.599. The number of nitrogens with zero attached hydrogens (tertiary/aromatic N) is 1. The van der Waals surface area contributed by atoms with Crippen LogP contribution in [0.2, 0.25) is 0 Å². The van der Waals surface area contributed by atoms with Gasteiger partial charge in [0, 0.05) is 12.6 Å². The molecule has 1 unspecified atom stereocenters. The van der Waals surface area contributed by atoms with E-state index in [-0.39, 0.29) is 17.8 Å². The molecular weight excluding hydrogens is 280 g/mol. The molecule has 1 heterocycles. The molecule has 5 heteroatoms. The van der Waals surface area contributed by atoms with Crippen LogP contribution in [0.4, 0.5) is 8.78 Å². The lowest BCUT2D eigenvalue weighted by atomic mass is 10.0. The molecule has 0 N–H and O–H groups in total. The fraction of sp³-hybridized carbons (Fsp3) is 0.533. The number of amides is 1. The summed E-state index contributed by atoms with van der Waals surface area (Å²) in [5.74, 6) is -0.267. The van der Waals surface area contributed by atoms with Gasteiger partial charge in [-0.1, -0.05) is 26.7 Å². The van der Waals surface area contributed by atoms with Crippen LogP contribution in [0.3, 0.4) is 0 Å². The van der Waals surface area contributed by atoms with E-state index in [1.807, 2.05) is 0 Å². The van der Waals surface area contributed by atoms with Crippen molar-refractivity contribution < 1.29 is 13.6 Å². The first-order valence-electron chi connectivity index (χ1n) is 6.91. The Balaban J connectivity index is 2.18. The van der Waals surface area contributed by atoms with Gasteiger partial charge in [0.25, 0.3) is 0 Å². The van der Waals surface area contributed by atoms with Gasteiger partial charge in [-0.05, 0) is 23.6 Å². The van der Waals surface area contributed by atoms with E-state index in [1.165, 1.54) is 12.1 Å². The summed E-state index contributed by atoms with van der Waals surface area (Å²) in [6.07, 6.45) is 1.99. The minimum absolute atomic E-state index is 0.0524. The molecule has 1 aromatic rings. The summed E-state index contributed by atoms with van der Waals surface area (Å²) in [6.45, 7) is 4.50. The van der Waals surface area contributed by atoms with Crippen LogP contribution >= 0.6 is 11.8 Å². The zero-order valence-corrected chi connectivity index (χ0v) is 12.6. The van der Waals surface area contributed by atoms with Crippen molar-refractivity contribution in [1.82, 2.24) is 4.90 Å².